The van der Waals surface area contributed by atoms with Gasteiger partial charge >= 0.3 is 0 Å². The van der Waals surface area contributed by atoms with Crippen molar-refractivity contribution in [3.05, 3.63) is 29.8 Å². The van der Waals surface area contributed by atoms with Crippen LogP contribution in [-0.2, 0) is 0 Å². The molecular formula is C15H20N2O. The second kappa shape index (κ2) is 5.01. The van der Waals surface area contributed by atoms with E-state index in [1.165, 1.54) is 30.7 Å². The van der Waals surface area contributed by atoms with E-state index in [2.05, 4.69) is 11.0 Å². The maximum atomic E-state index is 9.57. The van der Waals surface area contributed by atoms with Gasteiger partial charge in [0, 0.05) is 32.0 Å². The van der Waals surface area contributed by atoms with Gasteiger partial charge in [-0.1, -0.05) is 18.6 Å². The van der Waals surface area contributed by atoms with Crippen molar-refractivity contribution >= 4 is 5.84 Å². The van der Waals surface area contributed by atoms with Gasteiger partial charge in [0.05, 0.1) is 5.84 Å². The number of phenols is 1. The van der Waals surface area contributed by atoms with Crippen LogP contribution in [0.5, 0.6) is 5.75 Å². The molecule has 0 saturated carbocycles. The lowest BCUT2D eigenvalue weighted by molar-refractivity contribution is 0.363. The first kappa shape index (κ1) is 11.6. The van der Waals surface area contributed by atoms with Crippen molar-refractivity contribution in [2.24, 2.45) is 4.99 Å². The molecule has 2 aliphatic heterocycles. The predicted octanol–water partition coefficient (Wildman–Crippen LogP) is 2.76. The van der Waals surface area contributed by atoms with E-state index in [9.17, 15) is 5.11 Å². The van der Waals surface area contributed by atoms with E-state index in [-0.39, 0.29) is 0 Å². The number of amidine groups is 1. The van der Waals surface area contributed by atoms with Crippen molar-refractivity contribution in [3.8, 4) is 5.75 Å². The normalized spacial score (nSPS) is 24.1. The lowest BCUT2D eigenvalue weighted by Crippen LogP contribution is -2.39. The molecule has 1 saturated heterocycles. The number of phenolic OH excluding ortho intramolecular Hbond substituents is 1. The zero-order valence-corrected chi connectivity index (χ0v) is 10.7. The number of hydrogen-bond donors (Lipinski definition) is 1. The summed E-state index contributed by atoms with van der Waals surface area (Å²) in [5.41, 5.74) is 1.21. The second-order valence-electron chi connectivity index (χ2n) is 5.31. The van der Waals surface area contributed by atoms with Gasteiger partial charge in [-0.25, -0.2) is 0 Å². The Kier molecular flexibility index (Phi) is 3.22. The molecule has 0 aromatic heterocycles. The zero-order chi connectivity index (χ0) is 12.4. The van der Waals surface area contributed by atoms with Gasteiger partial charge in [0.15, 0.2) is 0 Å². The highest BCUT2D eigenvalue weighted by Crippen LogP contribution is 2.26. The SMILES string of the molecule is Oc1cccc(C2CN=C3CCCCCN3C2)c1. The highest BCUT2D eigenvalue weighted by Gasteiger charge is 2.24. The molecule has 0 spiro atoms. The lowest BCUT2D eigenvalue weighted by atomic mass is 9.96. The minimum absolute atomic E-state index is 0.359. The number of benzene rings is 1. The van der Waals surface area contributed by atoms with E-state index in [1.807, 2.05) is 12.1 Å². The van der Waals surface area contributed by atoms with Gasteiger partial charge in [0.1, 0.15) is 5.75 Å². The van der Waals surface area contributed by atoms with Crippen LogP contribution in [0.15, 0.2) is 29.3 Å². The first-order valence-electron chi connectivity index (χ1n) is 6.90. The Labute approximate surface area is 108 Å². The monoisotopic (exact) mass is 244 g/mol. The Morgan fingerprint density at radius 2 is 2.17 bits per heavy atom. The lowest BCUT2D eigenvalue weighted by Gasteiger charge is -2.33. The summed E-state index contributed by atoms with van der Waals surface area (Å²) in [5.74, 6) is 2.10. The van der Waals surface area contributed by atoms with Gasteiger partial charge < -0.3 is 10.0 Å². The molecular weight excluding hydrogens is 224 g/mol. The summed E-state index contributed by atoms with van der Waals surface area (Å²) in [4.78, 5) is 7.21. The molecule has 1 unspecified atom stereocenters. The summed E-state index contributed by atoms with van der Waals surface area (Å²) < 4.78 is 0. The van der Waals surface area contributed by atoms with Crippen LogP contribution in [0.1, 0.15) is 37.2 Å². The molecule has 96 valence electrons. The van der Waals surface area contributed by atoms with Crippen molar-refractivity contribution in [2.45, 2.75) is 31.6 Å². The van der Waals surface area contributed by atoms with Crippen LogP contribution in [0.25, 0.3) is 0 Å². The van der Waals surface area contributed by atoms with Crippen LogP contribution >= 0.6 is 0 Å². The molecule has 1 aromatic carbocycles. The van der Waals surface area contributed by atoms with Gasteiger partial charge in [-0.05, 0) is 30.5 Å². The highest BCUT2D eigenvalue weighted by molar-refractivity contribution is 5.83. The highest BCUT2D eigenvalue weighted by atomic mass is 16.3. The van der Waals surface area contributed by atoms with Gasteiger partial charge in [0.2, 0.25) is 0 Å². The molecule has 1 N–H and O–H groups in total. The molecule has 3 heteroatoms. The molecule has 0 aliphatic carbocycles. The quantitative estimate of drug-likeness (QED) is 0.824. The average Bonchev–Trinajstić information content (AvgIpc) is 2.63. The summed E-state index contributed by atoms with van der Waals surface area (Å²) in [6, 6.07) is 7.63. The van der Waals surface area contributed by atoms with E-state index < -0.39 is 0 Å². The first-order valence-corrected chi connectivity index (χ1v) is 6.90. The number of hydrogen-bond acceptors (Lipinski definition) is 3. The number of aromatic hydroxyl groups is 1. The molecule has 1 aromatic rings. The largest absolute Gasteiger partial charge is 0.508 e. The first-order chi connectivity index (χ1) is 8.83. The Balaban J connectivity index is 1.79. The molecule has 18 heavy (non-hydrogen) atoms. The topological polar surface area (TPSA) is 35.8 Å². The summed E-state index contributed by atoms with van der Waals surface area (Å²) in [6.45, 7) is 3.08. The third-order valence-corrected chi connectivity index (χ3v) is 3.97. The fraction of sp³-hybridized carbons (Fsp3) is 0.533. The summed E-state index contributed by atoms with van der Waals surface area (Å²) in [6.07, 6.45) is 5.04. The molecule has 2 heterocycles. The van der Waals surface area contributed by atoms with Crippen LogP contribution < -0.4 is 0 Å². The van der Waals surface area contributed by atoms with Crippen molar-refractivity contribution in [3.63, 3.8) is 0 Å². The predicted molar refractivity (Wildman–Crippen MR) is 73.2 cm³/mol. The molecule has 3 nitrogen and oxygen atoms in total. The van der Waals surface area contributed by atoms with Crippen molar-refractivity contribution in [1.82, 2.24) is 4.90 Å². The van der Waals surface area contributed by atoms with Crippen LogP contribution in [-0.4, -0.2) is 35.5 Å². The van der Waals surface area contributed by atoms with E-state index in [4.69, 9.17) is 4.99 Å². The van der Waals surface area contributed by atoms with Gasteiger partial charge in [-0.15, -0.1) is 0 Å². The van der Waals surface area contributed by atoms with Crippen LogP contribution in [0, 0.1) is 0 Å². The third-order valence-electron chi connectivity index (χ3n) is 3.97. The maximum Gasteiger partial charge on any atom is 0.115 e. The minimum Gasteiger partial charge on any atom is -0.508 e. The molecule has 0 bridgehead atoms. The van der Waals surface area contributed by atoms with Gasteiger partial charge in [-0.3, -0.25) is 4.99 Å². The second-order valence-corrected chi connectivity index (χ2v) is 5.31. The Hall–Kier alpha value is -1.51. The van der Waals surface area contributed by atoms with Crippen LogP contribution in [0.2, 0.25) is 0 Å². The Morgan fingerprint density at radius 3 is 3.06 bits per heavy atom. The van der Waals surface area contributed by atoms with Crippen LogP contribution in [0.4, 0.5) is 0 Å². The number of aliphatic imine (C=N–C) groups is 1. The average molecular weight is 244 g/mol. The number of fused-ring (bicyclic) bond motifs is 1. The van der Waals surface area contributed by atoms with Crippen molar-refractivity contribution < 1.29 is 5.11 Å². The summed E-state index contributed by atoms with van der Waals surface area (Å²) >= 11 is 0. The van der Waals surface area contributed by atoms with Gasteiger partial charge in [0.25, 0.3) is 0 Å². The van der Waals surface area contributed by atoms with Gasteiger partial charge in [-0.2, -0.15) is 0 Å². The van der Waals surface area contributed by atoms with Crippen molar-refractivity contribution in [2.75, 3.05) is 19.6 Å². The third kappa shape index (κ3) is 2.35. The number of nitrogens with zero attached hydrogens (tertiary/aromatic N) is 2. The fourth-order valence-corrected chi connectivity index (χ4v) is 2.95. The smallest absolute Gasteiger partial charge is 0.115 e. The molecule has 3 rings (SSSR count). The molecule has 2 aliphatic rings. The zero-order valence-electron chi connectivity index (χ0n) is 10.7. The molecule has 0 radical (unpaired) electrons. The van der Waals surface area contributed by atoms with Crippen LogP contribution in [0.3, 0.4) is 0 Å². The van der Waals surface area contributed by atoms with Crippen molar-refractivity contribution in [1.29, 1.82) is 0 Å². The number of rotatable bonds is 1. The Bertz CT molecular complexity index is 456. The summed E-state index contributed by atoms with van der Waals surface area (Å²) in [5, 5.41) is 9.57. The standard InChI is InChI=1S/C15H20N2O/c18-14-6-4-5-12(9-14)13-10-16-15-7-2-1-3-8-17(15)11-13/h4-6,9,13,18H,1-3,7-8,10-11H2. The van der Waals surface area contributed by atoms with E-state index in [0.29, 0.717) is 11.7 Å². The molecule has 0 amide bonds. The van der Waals surface area contributed by atoms with E-state index in [0.717, 1.165) is 26.1 Å². The Morgan fingerprint density at radius 1 is 1.22 bits per heavy atom. The summed E-state index contributed by atoms with van der Waals surface area (Å²) in [7, 11) is 0. The minimum atomic E-state index is 0.359. The van der Waals surface area contributed by atoms with E-state index >= 15 is 0 Å². The van der Waals surface area contributed by atoms with E-state index in [1.54, 1.807) is 6.07 Å². The fourth-order valence-electron chi connectivity index (χ4n) is 2.95. The molecule has 1 atom stereocenters. The maximum absolute atomic E-state index is 9.57. The molecule has 1 fully saturated rings.